The van der Waals surface area contributed by atoms with Crippen LogP contribution < -0.4 is 0 Å². The van der Waals surface area contributed by atoms with Crippen LogP contribution in [0.25, 0.3) is 0 Å². The zero-order valence-corrected chi connectivity index (χ0v) is 9.71. The van der Waals surface area contributed by atoms with E-state index in [4.69, 9.17) is 0 Å². The van der Waals surface area contributed by atoms with Crippen LogP contribution in [0.1, 0.15) is 20.3 Å². The fourth-order valence-electron chi connectivity index (χ4n) is 1.81. The van der Waals surface area contributed by atoms with Gasteiger partial charge in [-0.2, -0.15) is 0 Å². The van der Waals surface area contributed by atoms with E-state index in [-0.39, 0.29) is 17.2 Å². The van der Waals surface area contributed by atoms with Crippen molar-refractivity contribution >= 4 is 23.6 Å². The van der Waals surface area contributed by atoms with Crippen LogP contribution in [0.2, 0.25) is 0 Å². The average Bonchev–Trinajstić information content (AvgIpc) is 2.56. The molecule has 0 saturated carbocycles. The molecule has 0 radical (unpaired) electrons. The molecule has 4 nitrogen and oxygen atoms in total. The van der Waals surface area contributed by atoms with Gasteiger partial charge in [-0.25, -0.2) is 0 Å². The van der Waals surface area contributed by atoms with E-state index in [9.17, 15) is 9.59 Å². The highest BCUT2D eigenvalue weighted by molar-refractivity contribution is 8.03. The van der Waals surface area contributed by atoms with Crippen molar-refractivity contribution in [2.45, 2.75) is 25.6 Å². The van der Waals surface area contributed by atoms with Crippen molar-refractivity contribution in [2.24, 2.45) is 0 Å². The minimum absolute atomic E-state index is 0.0250. The molecule has 0 spiro atoms. The van der Waals surface area contributed by atoms with Crippen LogP contribution in [0, 0.1) is 0 Å². The summed E-state index contributed by atoms with van der Waals surface area (Å²) in [6, 6.07) is 0. The monoisotopic (exact) mass is 226 g/mol. The Morgan fingerprint density at radius 1 is 1.60 bits per heavy atom. The third-order valence-corrected chi connectivity index (χ3v) is 3.82. The lowest BCUT2D eigenvalue weighted by molar-refractivity contribution is -0.143. The largest absolute Gasteiger partial charge is 0.338 e. The lowest BCUT2D eigenvalue weighted by Gasteiger charge is -2.36. The molecule has 5 heteroatoms. The third-order valence-electron chi connectivity index (χ3n) is 2.77. The number of hydrogen-bond acceptors (Lipinski definition) is 3. The molecule has 1 saturated heterocycles. The van der Waals surface area contributed by atoms with Crippen molar-refractivity contribution < 1.29 is 9.59 Å². The summed E-state index contributed by atoms with van der Waals surface area (Å²) in [5.41, 5.74) is 0.560. The Balaban J connectivity index is 2.11. The number of nitrogens with zero attached hydrogens (tertiary/aromatic N) is 2. The van der Waals surface area contributed by atoms with Crippen molar-refractivity contribution in [1.29, 1.82) is 0 Å². The van der Waals surface area contributed by atoms with Crippen molar-refractivity contribution in [3.63, 3.8) is 0 Å². The zero-order valence-electron chi connectivity index (χ0n) is 8.90. The average molecular weight is 226 g/mol. The van der Waals surface area contributed by atoms with Gasteiger partial charge in [0.1, 0.15) is 5.70 Å². The van der Waals surface area contributed by atoms with Gasteiger partial charge < -0.3 is 4.90 Å². The van der Waals surface area contributed by atoms with Gasteiger partial charge >= 0.3 is 0 Å². The van der Waals surface area contributed by atoms with E-state index in [1.807, 2.05) is 19.3 Å². The maximum absolute atomic E-state index is 12.0. The van der Waals surface area contributed by atoms with Gasteiger partial charge in [-0.3, -0.25) is 14.5 Å². The first-order valence-corrected chi connectivity index (χ1v) is 6.10. The molecule has 0 aromatic rings. The van der Waals surface area contributed by atoms with Crippen molar-refractivity contribution in [1.82, 2.24) is 9.80 Å². The third kappa shape index (κ3) is 1.55. The maximum atomic E-state index is 12.0. The molecule has 0 bridgehead atoms. The predicted octanol–water partition coefficient (Wildman–Crippen LogP) is 1.00. The zero-order chi connectivity index (χ0) is 11.0. The molecule has 82 valence electrons. The van der Waals surface area contributed by atoms with E-state index in [1.165, 1.54) is 0 Å². The smallest absolute Gasteiger partial charge is 0.271 e. The highest BCUT2D eigenvalue weighted by atomic mass is 32.2. The number of likely N-dealkylation sites (N-methyl/N-ethyl adjacent to an activating group) is 1. The molecule has 2 heterocycles. The molecule has 2 rings (SSSR count). The van der Waals surface area contributed by atoms with Crippen molar-refractivity contribution in [2.75, 3.05) is 13.1 Å². The number of thioether (sulfide) groups is 1. The predicted molar refractivity (Wildman–Crippen MR) is 58.9 cm³/mol. The second-order valence-electron chi connectivity index (χ2n) is 3.54. The summed E-state index contributed by atoms with van der Waals surface area (Å²) < 4.78 is 0. The standard InChI is InChI=1S/C10H14N2O2S/c1-3-11(4-2)10(14)7-6-15-9-5-8(13)12(7)9/h6,9H,3-5H2,1-2H3. The van der Waals surface area contributed by atoms with Gasteiger partial charge in [-0.15, -0.1) is 11.8 Å². The number of fused-ring (bicyclic) bond motifs is 1. The molecule has 1 atom stereocenters. The lowest BCUT2D eigenvalue weighted by atomic mass is 10.1. The van der Waals surface area contributed by atoms with E-state index < -0.39 is 0 Å². The van der Waals surface area contributed by atoms with Crippen LogP contribution in [-0.2, 0) is 9.59 Å². The van der Waals surface area contributed by atoms with Gasteiger partial charge in [0.15, 0.2) is 0 Å². The summed E-state index contributed by atoms with van der Waals surface area (Å²) in [6.45, 7) is 5.26. The van der Waals surface area contributed by atoms with Gasteiger partial charge in [0.25, 0.3) is 5.91 Å². The second-order valence-corrected chi connectivity index (χ2v) is 4.59. The number of carbonyl (C=O) groups excluding carboxylic acids is 2. The Kier molecular flexibility index (Phi) is 2.73. The van der Waals surface area contributed by atoms with Crippen LogP contribution in [0.3, 0.4) is 0 Å². The van der Waals surface area contributed by atoms with Gasteiger partial charge in [-0.1, -0.05) is 0 Å². The number of rotatable bonds is 3. The molecular formula is C10H14N2O2S. The Bertz CT molecular complexity index is 336. The number of β-lactam (4-membered cyclic amide) rings is 1. The van der Waals surface area contributed by atoms with E-state index in [1.54, 1.807) is 21.6 Å². The quantitative estimate of drug-likeness (QED) is 0.674. The minimum atomic E-state index is -0.0250. The Hall–Kier alpha value is -0.970. The molecular weight excluding hydrogens is 212 g/mol. The summed E-state index contributed by atoms with van der Waals surface area (Å²) in [7, 11) is 0. The Morgan fingerprint density at radius 2 is 2.27 bits per heavy atom. The highest BCUT2D eigenvalue weighted by Crippen LogP contribution is 2.41. The lowest BCUT2D eigenvalue weighted by Crippen LogP contribution is -2.50. The normalized spacial score (nSPS) is 23.3. The van der Waals surface area contributed by atoms with Crippen LogP contribution in [-0.4, -0.2) is 40.1 Å². The number of hydrogen-bond donors (Lipinski definition) is 0. The summed E-state index contributed by atoms with van der Waals surface area (Å²) in [4.78, 5) is 26.7. The molecule has 0 aliphatic carbocycles. The Morgan fingerprint density at radius 3 is 2.80 bits per heavy atom. The van der Waals surface area contributed by atoms with Crippen LogP contribution >= 0.6 is 11.8 Å². The molecule has 15 heavy (non-hydrogen) atoms. The SMILES string of the molecule is CCN(CC)C(=O)C1=CSC2CC(=O)N12. The minimum Gasteiger partial charge on any atom is -0.338 e. The maximum Gasteiger partial charge on any atom is 0.271 e. The first kappa shape index (κ1) is 10.5. The molecule has 2 aliphatic heterocycles. The second kappa shape index (κ2) is 3.89. The summed E-state index contributed by atoms with van der Waals surface area (Å²) >= 11 is 1.57. The van der Waals surface area contributed by atoms with E-state index >= 15 is 0 Å². The first-order chi connectivity index (χ1) is 7.19. The Labute approximate surface area is 93.3 Å². The summed E-state index contributed by atoms with van der Waals surface area (Å²) in [5.74, 6) is 0.0415. The molecule has 0 aromatic heterocycles. The van der Waals surface area contributed by atoms with E-state index in [0.717, 1.165) is 0 Å². The van der Waals surface area contributed by atoms with E-state index in [2.05, 4.69) is 0 Å². The van der Waals surface area contributed by atoms with E-state index in [0.29, 0.717) is 25.2 Å². The first-order valence-electron chi connectivity index (χ1n) is 5.16. The summed E-state index contributed by atoms with van der Waals surface area (Å²) in [5, 5.41) is 2.00. The fourth-order valence-corrected chi connectivity index (χ4v) is 2.90. The van der Waals surface area contributed by atoms with Crippen LogP contribution in [0.5, 0.6) is 0 Å². The topological polar surface area (TPSA) is 40.6 Å². The van der Waals surface area contributed by atoms with Gasteiger partial charge in [0.05, 0.1) is 11.8 Å². The van der Waals surface area contributed by atoms with Gasteiger partial charge in [0.2, 0.25) is 5.91 Å². The molecule has 1 unspecified atom stereocenters. The summed E-state index contributed by atoms with van der Waals surface area (Å²) in [6.07, 6.45) is 0.566. The van der Waals surface area contributed by atoms with Gasteiger partial charge in [-0.05, 0) is 13.8 Å². The van der Waals surface area contributed by atoms with Gasteiger partial charge in [0, 0.05) is 18.5 Å². The van der Waals surface area contributed by atoms with Crippen molar-refractivity contribution in [3.05, 3.63) is 11.1 Å². The molecule has 1 fully saturated rings. The molecule has 2 amide bonds. The molecule has 0 N–H and O–H groups in total. The fraction of sp³-hybridized carbons (Fsp3) is 0.600. The van der Waals surface area contributed by atoms with Crippen LogP contribution in [0.4, 0.5) is 0 Å². The van der Waals surface area contributed by atoms with Crippen molar-refractivity contribution in [3.8, 4) is 0 Å². The van der Waals surface area contributed by atoms with Crippen LogP contribution in [0.15, 0.2) is 11.1 Å². The number of amides is 2. The molecule has 2 aliphatic rings. The highest BCUT2D eigenvalue weighted by Gasteiger charge is 2.45. The number of carbonyl (C=O) groups is 2. The molecule has 0 aromatic carbocycles.